The van der Waals surface area contributed by atoms with E-state index in [0.29, 0.717) is 23.1 Å². The Hall–Kier alpha value is -5.15. The Morgan fingerprint density at radius 3 is 2.45 bits per heavy atom. The molecule has 0 spiro atoms. The number of halogens is 4. The quantitative estimate of drug-likeness (QED) is 0.0526. The third-order valence-corrected chi connectivity index (χ3v) is 8.18. The maximum absolute atomic E-state index is 15.7. The number of aliphatic hydroxyl groups excluding tert-OH is 2. The molecule has 1 unspecified atom stereocenters. The van der Waals surface area contributed by atoms with Gasteiger partial charge in [0, 0.05) is 42.9 Å². The van der Waals surface area contributed by atoms with Crippen molar-refractivity contribution in [3.8, 4) is 17.2 Å². The van der Waals surface area contributed by atoms with E-state index in [9.17, 15) is 19.8 Å². The lowest BCUT2D eigenvalue weighted by Crippen LogP contribution is -2.36. The number of nitrogens with zero attached hydrogens (tertiary/aromatic N) is 2. The molecule has 286 valence electrons. The Balaban J connectivity index is 1.64. The van der Waals surface area contributed by atoms with E-state index in [2.05, 4.69) is 10.3 Å². The molecule has 0 bridgehead atoms. The van der Waals surface area contributed by atoms with Crippen molar-refractivity contribution in [3.63, 3.8) is 0 Å². The molecule has 1 heterocycles. The second kappa shape index (κ2) is 17.6. The van der Waals surface area contributed by atoms with Crippen LogP contribution < -0.4 is 19.5 Å². The molecule has 16 heteroatoms. The van der Waals surface area contributed by atoms with Gasteiger partial charge in [0.1, 0.15) is 45.4 Å². The first-order valence-corrected chi connectivity index (χ1v) is 16.8. The first-order chi connectivity index (χ1) is 25.1. The highest BCUT2D eigenvalue weighted by atomic mass is 35.5. The van der Waals surface area contributed by atoms with Gasteiger partial charge < -0.3 is 44.1 Å². The molecule has 1 atom stereocenters. The van der Waals surface area contributed by atoms with Gasteiger partial charge in [-0.3, -0.25) is 4.99 Å². The van der Waals surface area contributed by atoms with E-state index in [0.717, 1.165) is 12.3 Å². The first-order valence-electron chi connectivity index (χ1n) is 16.5. The van der Waals surface area contributed by atoms with Crippen molar-refractivity contribution in [2.24, 2.45) is 4.99 Å². The third-order valence-electron chi connectivity index (χ3n) is 7.84. The third kappa shape index (κ3) is 10.0. The smallest absolute Gasteiger partial charge is 0.410 e. The number of carbonyl (C=O) groups excluding carboxylic acids is 2. The summed E-state index contributed by atoms with van der Waals surface area (Å²) in [5, 5.41) is 23.2. The number of ether oxygens (including phenoxy) is 5. The molecule has 53 heavy (non-hydrogen) atoms. The van der Waals surface area contributed by atoms with Gasteiger partial charge in [0.2, 0.25) is 0 Å². The van der Waals surface area contributed by atoms with E-state index >= 15 is 13.2 Å². The van der Waals surface area contributed by atoms with Gasteiger partial charge in [-0.25, -0.2) is 22.8 Å². The molecule has 3 N–H and O–H groups in total. The second-order valence-corrected chi connectivity index (χ2v) is 13.1. The topological polar surface area (TPSA) is 148 Å². The van der Waals surface area contributed by atoms with E-state index in [1.54, 1.807) is 39.0 Å². The Morgan fingerprint density at radius 2 is 1.81 bits per heavy atom. The fourth-order valence-electron chi connectivity index (χ4n) is 5.21. The van der Waals surface area contributed by atoms with E-state index in [1.165, 1.54) is 32.1 Å². The average Bonchev–Trinajstić information content (AvgIpc) is 3.59. The molecule has 4 rings (SSSR count). The lowest BCUT2D eigenvalue weighted by atomic mass is 10.1. The number of aliphatic hydroxyl groups is 2. The van der Waals surface area contributed by atoms with Gasteiger partial charge >= 0.3 is 12.1 Å². The molecule has 3 aromatic rings. The summed E-state index contributed by atoms with van der Waals surface area (Å²) in [5.41, 5.74) is -1.65. The normalized spacial score (nSPS) is 14.9. The number of rotatable bonds is 13. The predicted molar refractivity (Wildman–Crippen MR) is 192 cm³/mol. The van der Waals surface area contributed by atoms with Gasteiger partial charge in [-0.1, -0.05) is 11.6 Å². The SMILES string of the molecule is CCOC(=O)C(C=Nc1cc(NCc2ccc(OC)cc2OC)c(F)cc1CO)=C(O)c1cc(F)c(OC2CCN(C(=O)OC(C)(C)C)C2)c(Cl)c1F. The van der Waals surface area contributed by atoms with Crippen molar-refractivity contribution in [2.75, 3.05) is 39.2 Å². The maximum atomic E-state index is 15.7. The molecule has 0 aromatic heterocycles. The van der Waals surface area contributed by atoms with E-state index in [4.69, 9.17) is 35.3 Å². The number of carbonyl (C=O) groups is 2. The number of methoxy groups -OCH3 is 2. The van der Waals surface area contributed by atoms with E-state index < -0.39 is 75.5 Å². The van der Waals surface area contributed by atoms with Crippen LogP contribution in [-0.2, 0) is 27.4 Å². The minimum absolute atomic E-state index is 0.00736. The Labute approximate surface area is 309 Å². The van der Waals surface area contributed by atoms with Crippen molar-refractivity contribution in [1.29, 1.82) is 0 Å². The summed E-state index contributed by atoms with van der Waals surface area (Å²) in [6, 6.07) is 7.96. The zero-order chi connectivity index (χ0) is 39.0. The molecule has 1 amide bonds. The number of aliphatic imine (C=N–C) groups is 1. The van der Waals surface area contributed by atoms with Gasteiger partial charge in [0.05, 0.1) is 50.9 Å². The molecule has 1 aliphatic rings. The van der Waals surface area contributed by atoms with Crippen molar-refractivity contribution < 1.29 is 56.7 Å². The van der Waals surface area contributed by atoms with Crippen LogP contribution in [0, 0.1) is 17.5 Å². The molecule has 0 aliphatic carbocycles. The lowest BCUT2D eigenvalue weighted by molar-refractivity contribution is -0.137. The molecular weight excluding hydrogens is 723 g/mol. The van der Waals surface area contributed by atoms with Crippen molar-refractivity contribution in [1.82, 2.24) is 4.90 Å². The molecule has 1 saturated heterocycles. The average molecular weight is 764 g/mol. The highest BCUT2D eigenvalue weighted by Crippen LogP contribution is 2.37. The number of nitrogens with one attached hydrogen (secondary N) is 1. The molecule has 0 radical (unpaired) electrons. The fourth-order valence-corrected chi connectivity index (χ4v) is 5.45. The van der Waals surface area contributed by atoms with E-state index in [-0.39, 0.29) is 49.6 Å². The van der Waals surface area contributed by atoms with Crippen LogP contribution in [0.2, 0.25) is 5.02 Å². The predicted octanol–water partition coefficient (Wildman–Crippen LogP) is 7.50. The summed E-state index contributed by atoms with van der Waals surface area (Å²) < 4.78 is 72.9. The summed E-state index contributed by atoms with van der Waals surface area (Å²) in [7, 11) is 2.98. The number of hydrogen-bond donors (Lipinski definition) is 3. The fraction of sp³-hybridized carbons (Fsp3) is 0.378. The van der Waals surface area contributed by atoms with Crippen LogP contribution in [0.25, 0.3) is 5.76 Å². The Morgan fingerprint density at radius 1 is 1.08 bits per heavy atom. The van der Waals surface area contributed by atoms with Crippen LogP contribution in [0.5, 0.6) is 17.2 Å². The number of benzene rings is 3. The van der Waals surface area contributed by atoms with Gasteiger partial charge in [-0.2, -0.15) is 0 Å². The molecule has 12 nitrogen and oxygen atoms in total. The van der Waals surface area contributed by atoms with Crippen molar-refractivity contribution >= 4 is 47.0 Å². The van der Waals surface area contributed by atoms with Gasteiger partial charge in [-0.15, -0.1) is 0 Å². The van der Waals surface area contributed by atoms with Gasteiger partial charge in [-0.05, 0) is 58.0 Å². The van der Waals surface area contributed by atoms with Crippen LogP contribution in [0.1, 0.15) is 50.8 Å². The minimum atomic E-state index is -1.32. The van der Waals surface area contributed by atoms with Crippen LogP contribution in [-0.4, -0.2) is 79.0 Å². The minimum Gasteiger partial charge on any atom is -0.506 e. The number of anilines is 1. The number of esters is 1. The zero-order valence-electron chi connectivity index (χ0n) is 30.0. The highest BCUT2D eigenvalue weighted by Gasteiger charge is 2.33. The molecule has 0 saturated carbocycles. The van der Waals surface area contributed by atoms with Gasteiger partial charge in [0.15, 0.2) is 17.4 Å². The second-order valence-electron chi connectivity index (χ2n) is 12.7. The Kier molecular flexibility index (Phi) is 13.5. The van der Waals surface area contributed by atoms with Crippen molar-refractivity contribution in [3.05, 3.63) is 81.1 Å². The largest absolute Gasteiger partial charge is 0.506 e. The van der Waals surface area contributed by atoms with E-state index in [1.807, 2.05) is 0 Å². The van der Waals surface area contributed by atoms with Crippen LogP contribution in [0.3, 0.4) is 0 Å². The highest BCUT2D eigenvalue weighted by molar-refractivity contribution is 6.32. The van der Waals surface area contributed by atoms with Crippen molar-refractivity contribution in [2.45, 2.75) is 59.0 Å². The molecule has 1 fully saturated rings. The summed E-state index contributed by atoms with van der Waals surface area (Å²) in [6.45, 7) is 6.18. The molecule has 3 aromatic carbocycles. The van der Waals surface area contributed by atoms with Crippen LogP contribution in [0.4, 0.5) is 29.3 Å². The number of amides is 1. The molecule has 1 aliphatic heterocycles. The number of hydrogen-bond acceptors (Lipinski definition) is 11. The monoisotopic (exact) mass is 763 g/mol. The zero-order valence-corrected chi connectivity index (χ0v) is 30.8. The Bertz CT molecular complexity index is 1900. The standard InChI is InChI=1S/C37H41ClF3N3O9/c1-7-51-35(47)25(17-43-28-15-29(26(39)12-21(28)19-45)42-16-20-8-9-22(49-5)13-30(20)50-6)33(46)24-14-27(40)34(31(38)32(24)41)52-23-10-11-44(18-23)36(48)53-37(2,3)4/h8-9,12-15,17,23,42,45-46H,7,10-11,16,18-19H2,1-6H3. The number of likely N-dealkylation sites (tertiary alicyclic amines) is 1. The van der Waals surface area contributed by atoms with Gasteiger partial charge in [0.25, 0.3) is 0 Å². The summed E-state index contributed by atoms with van der Waals surface area (Å²) in [4.78, 5) is 31.0. The summed E-state index contributed by atoms with van der Waals surface area (Å²) in [5.74, 6) is -5.07. The first kappa shape index (κ1) is 40.6. The lowest BCUT2D eigenvalue weighted by Gasteiger charge is -2.24. The molecular formula is C37H41ClF3N3O9. The van der Waals surface area contributed by atoms with Crippen LogP contribution in [0.15, 0.2) is 47.0 Å². The summed E-state index contributed by atoms with van der Waals surface area (Å²) >= 11 is 6.20. The van der Waals surface area contributed by atoms with Crippen LogP contribution >= 0.6 is 11.6 Å². The summed E-state index contributed by atoms with van der Waals surface area (Å²) in [6.07, 6.45) is -0.247. The maximum Gasteiger partial charge on any atom is 0.410 e.